The van der Waals surface area contributed by atoms with Crippen molar-refractivity contribution >= 4 is 0 Å². The SMILES string of the molecule is C#Cc1cnc(-c2ccccc2)[nH]1. The van der Waals surface area contributed by atoms with E-state index in [2.05, 4.69) is 15.9 Å². The molecule has 0 aliphatic rings. The first-order valence-electron chi connectivity index (χ1n) is 3.97. The number of nitrogens with one attached hydrogen (secondary N) is 1. The van der Waals surface area contributed by atoms with Crippen LogP contribution in [0.4, 0.5) is 0 Å². The molecule has 0 aliphatic heterocycles. The standard InChI is InChI=1S/C11H8N2/c1-2-10-8-12-11(13-10)9-6-4-3-5-7-9/h1,3-8H,(H,12,13). The van der Waals surface area contributed by atoms with Gasteiger partial charge in [-0.2, -0.15) is 0 Å². The van der Waals surface area contributed by atoms with Crippen molar-refractivity contribution in [1.29, 1.82) is 0 Å². The topological polar surface area (TPSA) is 28.7 Å². The van der Waals surface area contributed by atoms with Crippen molar-refractivity contribution in [2.45, 2.75) is 0 Å². The summed E-state index contributed by atoms with van der Waals surface area (Å²) in [5, 5.41) is 0. The summed E-state index contributed by atoms with van der Waals surface area (Å²) in [7, 11) is 0. The molecular weight excluding hydrogens is 160 g/mol. The fraction of sp³-hybridized carbons (Fsp3) is 0. The lowest BCUT2D eigenvalue weighted by Gasteiger charge is -1.93. The summed E-state index contributed by atoms with van der Waals surface area (Å²) in [4.78, 5) is 7.19. The number of terminal acetylenes is 1. The number of H-pyrrole nitrogens is 1. The van der Waals surface area contributed by atoms with E-state index in [0.717, 1.165) is 11.4 Å². The highest BCUT2D eigenvalue weighted by atomic mass is 14.9. The van der Waals surface area contributed by atoms with Gasteiger partial charge < -0.3 is 4.98 Å². The molecule has 2 aromatic rings. The quantitative estimate of drug-likeness (QED) is 0.649. The van der Waals surface area contributed by atoms with Crippen LogP contribution in [0, 0.1) is 12.3 Å². The largest absolute Gasteiger partial charge is 0.332 e. The molecule has 0 bridgehead atoms. The van der Waals surface area contributed by atoms with E-state index in [0.29, 0.717) is 5.69 Å². The zero-order valence-corrected chi connectivity index (χ0v) is 6.99. The first-order valence-corrected chi connectivity index (χ1v) is 3.97. The third-order valence-electron chi connectivity index (χ3n) is 1.78. The van der Waals surface area contributed by atoms with E-state index in [1.54, 1.807) is 6.20 Å². The molecule has 62 valence electrons. The molecule has 0 amide bonds. The number of nitrogens with zero attached hydrogens (tertiary/aromatic N) is 1. The summed E-state index contributed by atoms with van der Waals surface area (Å²) in [6.07, 6.45) is 6.88. The van der Waals surface area contributed by atoms with Crippen LogP contribution in [0.5, 0.6) is 0 Å². The molecule has 2 rings (SSSR count). The minimum absolute atomic E-state index is 0.707. The fourth-order valence-electron chi connectivity index (χ4n) is 1.14. The second-order valence-corrected chi connectivity index (χ2v) is 2.66. The van der Waals surface area contributed by atoms with Crippen molar-refractivity contribution in [1.82, 2.24) is 9.97 Å². The zero-order valence-electron chi connectivity index (χ0n) is 6.99. The maximum Gasteiger partial charge on any atom is 0.138 e. The van der Waals surface area contributed by atoms with Crippen LogP contribution in [0.2, 0.25) is 0 Å². The third-order valence-corrected chi connectivity index (χ3v) is 1.78. The van der Waals surface area contributed by atoms with Gasteiger partial charge in [-0.1, -0.05) is 36.3 Å². The van der Waals surface area contributed by atoms with E-state index in [1.165, 1.54) is 0 Å². The Morgan fingerprint density at radius 2 is 2.00 bits per heavy atom. The molecule has 1 heterocycles. The maximum atomic E-state index is 5.22. The van der Waals surface area contributed by atoms with Gasteiger partial charge in [0.05, 0.1) is 6.20 Å². The highest BCUT2D eigenvalue weighted by Crippen LogP contribution is 2.13. The lowest BCUT2D eigenvalue weighted by Crippen LogP contribution is -1.78. The molecule has 1 aromatic carbocycles. The Bertz CT molecular complexity index is 435. The van der Waals surface area contributed by atoms with E-state index >= 15 is 0 Å². The normalized spacial score (nSPS) is 9.46. The Balaban J connectivity index is 2.43. The molecule has 2 heteroatoms. The van der Waals surface area contributed by atoms with Crippen molar-refractivity contribution in [3.05, 3.63) is 42.2 Å². The number of imidazole rings is 1. The highest BCUT2D eigenvalue weighted by molar-refractivity contribution is 5.55. The summed E-state index contributed by atoms with van der Waals surface area (Å²) >= 11 is 0. The Morgan fingerprint density at radius 1 is 1.23 bits per heavy atom. The highest BCUT2D eigenvalue weighted by Gasteiger charge is 1.99. The van der Waals surface area contributed by atoms with Crippen LogP contribution in [0.15, 0.2) is 36.5 Å². The second-order valence-electron chi connectivity index (χ2n) is 2.66. The average Bonchev–Trinajstić information content (AvgIpc) is 2.67. The van der Waals surface area contributed by atoms with Crippen molar-refractivity contribution in [3.8, 4) is 23.7 Å². The maximum absolute atomic E-state index is 5.22. The van der Waals surface area contributed by atoms with Crippen LogP contribution in [-0.2, 0) is 0 Å². The summed E-state index contributed by atoms with van der Waals surface area (Å²) in [5.74, 6) is 3.31. The van der Waals surface area contributed by atoms with Gasteiger partial charge in [-0.05, 0) is 0 Å². The van der Waals surface area contributed by atoms with Crippen molar-refractivity contribution < 1.29 is 0 Å². The third kappa shape index (κ3) is 1.45. The number of hydrogen-bond donors (Lipinski definition) is 1. The van der Waals surface area contributed by atoms with E-state index in [-0.39, 0.29) is 0 Å². The fourth-order valence-corrected chi connectivity index (χ4v) is 1.14. The molecule has 2 nitrogen and oxygen atoms in total. The second kappa shape index (κ2) is 3.16. The lowest BCUT2D eigenvalue weighted by molar-refractivity contribution is 1.30. The monoisotopic (exact) mass is 168 g/mol. The Morgan fingerprint density at radius 3 is 2.62 bits per heavy atom. The lowest BCUT2D eigenvalue weighted by atomic mass is 10.2. The van der Waals surface area contributed by atoms with Crippen LogP contribution >= 0.6 is 0 Å². The predicted molar refractivity (Wildman–Crippen MR) is 52.0 cm³/mol. The number of aromatic amines is 1. The van der Waals surface area contributed by atoms with Gasteiger partial charge in [0.25, 0.3) is 0 Å². The van der Waals surface area contributed by atoms with Crippen LogP contribution in [0.25, 0.3) is 11.4 Å². The molecule has 1 aromatic heterocycles. The van der Waals surface area contributed by atoms with Crippen LogP contribution in [0.3, 0.4) is 0 Å². The molecule has 0 spiro atoms. The van der Waals surface area contributed by atoms with Gasteiger partial charge in [-0.25, -0.2) is 4.98 Å². The molecule has 1 N–H and O–H groups in total. The molecule has 0 saturated carbocycles. The molecular formula is C11H8N2. The molecule has 0 atom stereocenters. The van der Waals surface area contributed by atoms with Gasteiger partial charge in [0.15, 0.2) is 0 Å². The molecule has 0 radical (unpaired) electrons. The molecule has 0 aliphatic carbocycles. The van der Waals surface area contributed by atoms with Gasteiger partial charge in [-0.3, -0.25) is 0 Å². The number of hydrogen-bond acceptors (Lipinski definition) is 1. The summed E-state index contributed by atoms with van der Waals surface area (Å²) < 4.78 is 0. The summed E-state index contributed by atoms with van der Waals surface area (Å²) in [6.45, 7) is 0. The van der Waals surface area contributed by atoms with Gasteiger partial charge in [0.1, 0.15) is 11.5 Å². The van der Waals surface area contributed by atoms with Gasteiger partial charge in [0.2, 0.25) is 0 Å². The number of rotatable bonds is 1. The molecule has 0 unspecified atom stereocenters. The van der Waals surface area contributed by atoms with Crippen LogP contribution in [-0.4, -0.2) is 9.97 Å². The first-order chi connectivity index (χ1) is 6.40. The molecule has 13 heavy (non-hydrogen) atoms. The van der Waals surface area contributed by atoms with Crippen molar-refractivity contribution in [2.24, 2.45) is 0 Å². The smallest absolute Gasteiger partial charge is 0.138 e. The Hall–Kier alpha value is -2.01. The summed E-state index contributed by atoms with van der Waals surface area (Å²) in [5.41, 5.74) is 1.75. The minimum Gasteiger partial charge on any atom is -0.332 e. The Kier molecular flexibility index (Phi) is 1.85. The summed E-state index contributed by atoms with van der Waals surface area (Å²) in [6, 6.07) is 9.87. The van der Waals surface area contributed by atoms with Crippen molar-refractivity contribution in [3.63, 3.8) is 0 Å². The number of aromatic nitrogens is 2. The number of benzene rings is 1. The average molecular weight is 168 g/mol. The molecule has 0 saturated heterocycles. The molecule has 0 fully saturated rings. The zero-order chi connectivity index (χ0) is 9.10. The minimum atomic E-state index is 0.707. The van der Waals surface area contributed by atoms with E-state index in [4.69, 9.17) is 6.42 Å². The van der Waals surface area contributed by atoms with Crippen molar-refractivity contribution in [2.75, 3.05) is 0 Å². The van der Waals surface area contributed by atoms with E-state index in [1.807, 2.05) is 30.3 Å². The van der Waals surface area contributed by atoms with E-state index in [9.17, 15) is 0 Å². The van der Waals surface area contributed by atoms with Gasteiger partial charge >= 0.3 is 0 Å². The van der Waals surface area contributed by atoms with Gasteiger partial charge in [-0.15, -0.1) is 6.42 Å². The predicted octanol–water partition coefficient (Wildman–Crippen LogP) is 2.06. The van der Waals surface area contributed by atoms with Crippen LogP contribution in [0.1, 0.15) is 5.69 Å². The van der Waals surface area contributed by atoms with Crippen LogP contribution < -0.4 is 0 Å². The Labute approximate surface area is 76.6 Å². The van der Waals surface area contributed by atoms with E-state index < -0.39 is 0 Å². The van der Waals surface area contributed by atoms with Gasteiger partial charge in [0, 0.05) is 5.56 Å². The first kappa shape index (κ1) is 7.63.